The molecule has 148 valence electrons. The second-order valence-corrected chi connectivity index (χ2v) is 7.46. The minimum Gasteiger partial charge on any atom is -0.480 e. The molecule has 0 radical (unpaired) electrons. The Hall–Kier alpha value is -2.91. The number of aliphatic carboxylic acids is 1. The molecule has 0 aliphatic carbocycles. The number of nitrogens with zero attached hydrogens (tertiary/aromatic N) is 1. The van der Waals surface area contributed by atoms with E-state index in [1.807, 2.05) is 85.8 Å². The van der Waals surface area contributed by atoms with Gasteiger partial charge in [-0.05, 0) is 49.4 Å². The quantitative estimate of drug-likeness (QED) is 0.470. The highest BCUT2D eigenvalue weighted by Gasteiger charge is 2.18. The zero-order valence-electron chi connectivity index (χ0n) is 16.4. The van der Waals surface area contributed by atoms with Crippen LogP contribution < -0.4 is 0 Å². The lowest BCUT2D eigenvalue weighted by Crippen LogP contribution is -2.21. The number of hydrogen-bond acceptors (Lipinski definition) is 2. The summed E-state index contributed by atoms with van der Waals surface area (Å²) in [6, 6.07) is 24.5. The Morgan fingerprint density at radius 3 is 2.07 bits per heavy atom. The molecule has 0 saturated heterocycles. The van der Waals surface area contributed by atoms with Gasteiger partial charge in [0.15, 0.2) is 0 Å². The molecule has 0 heterocycles. The standard InChI is InChI=1S/C25H24ClNO2/c1-18-17-22(26)16-15-19(18)13-8-14-23(25(28)29)27-24(20-9-4-2-5-10-20)21-11-6-3-7-12-21/h2-7,9-12,15-17,23H,8,13-14H2,1H3,(H,28,29). The first-order chi connectivity index (χ1) is 14.0. The molecule has 0 saturated carbocycles. The topological polar surface area (TPSA) is 49.7 Å². The maximum atomic E-state index is 11.9. The third kappa shape index (κ3) is 5.78. The normalized spacial score (nSPS) is 11.7. The van der Waals surface area contributed by atoms with Crippen molar-refractivity contribution in [1.82, 2.24) is 0 Å². The largest absolute Gasteiger partial charge is 0.480 e. The van der Waals surface area contributed by atoms with Crippen molar-refractivity contribution in [2.24, 2.45) is 4.99 Å². The highest BCUT2D eigenvalue weighted by atomic mass is 35.5. The van der Waals surface area contributed by atoms with Crippen LogP contribution in [0.3, 0.4) is 0 Å². The van der Waals surface area contributed by atoms with Gasteiger partial charge in [-0.25, -0.2) is 4.79 Å². The molecular formula is C25H24ClNO2. The molecule has 3 aromatic carbocycles. The first kappa shape index (κ1) is 20.8. The van der Waals surface area contributed by atoms with Crippen molar-refractivity contribution in [3.63, 3.8) is 0 Å². The number of halogens is 1. The van der Waals surface area contributed by atoms with Gasteiger partial charge in [0.05, 0.1) is 5.71 Å². The summed E-state index contributed by atoms with van der Waals surface area (Å²) < 4.78 is 0. The summed E-state index contributed by atoms with van der Waals surface area (Å²) in [5.74, 6) is -0.901. The molecule has 0 aliphatic heterocycles. The fourth-order valence-corrected chi connectivity index (χ4v) is 3.56. The summed E-state index contributed by atoms with van der Waals surface area (Å²) in [6.45, 7) is 2.02. The van der Waals surface area contributed by atoms with Crippen LogP contribution in [0.15, 0.2) is 83.9 Å². The molecule has 3 nitrogen and oxygen atoms in total. The maximum absolute atomic E-state index is 11.9. The van der Waals surface area contributed by atoms with E-state index in [0.717, 1.165) is 34.6 Å². The van der Waals surface area contributed by atoms with Crippen LogP contribution in [-0.2, 0) is 11.2 Å². The minimum absolute atomic E-state index is 0.473. The highest BCUT2D eigenvalue weighted by molar-refractivity contribution is 6.30. The zero-order valence-corrected chi connectivity index (χ0v) is 17.1. The van der Waals surface area contributed by atoms with Crippen LogP contribution in [0.25, 0.3) is 0 Å². The first-order valence-electron chi connectivity index (χ1n) is 9.71. The molecule has 0 aromatic heterocycles. The van der Waals surface area contributed by atoms with Gasteiger partial charge in [0.1, 0.15) is 6.04 Å². The van der Waals surface area contributed by atoms with Crippen LogP contribution in [0.5, 0.6) is 0 Å². The SMILES string of the molecule is Cc1cc(Cl)ccc1CCCC(N=C(c1ccccc1)c1ccccc1)C(=O)O. The third-order valence-electron chi connectivity index (χ3n) is 4.89. The van der Waals surface area contributed by atoms with E-state index in [4.69, 9.17) is 11.6 Å². The van der Waals surface area contributed by atoms with E-state index in [9.17, 15) is 9.90 Å². The van der Waals surface area contributed by atoms with Gasteiger partial charge < -0.3 is 5.11 Å². The number of rotatable bonds is 8. The van der Waals surface area contributed by atoms with Gasteiger partial charge in [-0.1, -0.05) is 78.3 Å². The number of hydrogen-bond donors (Lipinski definition) is 1. The Labute approximate surface area is 176 Å². The summed E-state index contributed by atoms with van der Waals surface area (Å²) in [5, 5.41) is 10.5. The van der Waals surface area contributed by atoms with Crippen molar-refractivity contribution in [3.05, 3.63) is 106 Å². The van der Waals surface area contributed by atoms with Crippen molar-refractivity contribution in [3.8, 4) is 0 Å². The summed E-state index contributed by atoms with van der Waals surface area (Å²) in [6.07, 6.45) is 2.01. The monoisotopic (exact) mass is 405 g/mol. The molecule has 3 rings (SSSR count). The van der Waals surface area contributed by atoms with Gasteiger partial charge in [0, 0.05) is 16.1 Å². The lowest BCUT2D eigenvalue weighted by molar-refractivity contribution is -0.138. The van der Waals surface area contributed by atoms with Crippen molar-refractivity contribution in [2.45, 2.75) is 32.2 Å². The number of aliphatic imine (C=N–C) groups is 1. The van der Waals surface area contributed by atoms with Gasteiger partial charge in [-0.2, -0.15) is 0 Å². The molecule has 1 unspecified atom stereocenters. The van der Waals surface area contributed by atoms with Gasteiger partial charge >= 0.3 is 5.97 Å². The Kier molecular flexibility index (Phi) is 7.20. The van der Waals surface area contributed by atoms with Crippen LogP contribution in [0, 0.1) is 6.92 Å². The van der Waals surface area contributed by atoms with E-state index in [-0.39, 0.29) is 0 Å². The molecule has 1 N–H and O–H groups in total. The third-order valence-corrected chi connectivity index (χ3v) is 5.13. The van der Waals surface area contributed by atoms with Crippen LogP contribution in [0.1, 0.15) is 35.1 Å². The number of carboxylic acid groups (broad SMARTS) is 1. The van der Waals surface area contributed by atoms with E-state index in [1.54, 1.807) is 0 Å². The zero-order chi connectivity index (χ0) is 20.6. The minimum atomic E-state index is -0.901. The molecule has 0 aliphatic rings. The van der Waals surface area contributed by atoms with Crippen molar-refractivity contribution in [1.29, 1.82) is 0 Å². The second kappa shape index (κ2) is 10.0. The van der Waals surface area contributed by atoms with Crippen LogP contribution in [-0.4, -0.2) is 22.8 Å². The van der Waals surface area contributed by atoms with Crippen molar-refractivity contribution >= 4 is 23.3 Å². The summed E-state index contributed by atoms with van der Waals surface area (Å²) in [7, 11) is 0. The van der Waals surface area contributed by atoms with Crippen LogP contribution in [0.4, 0.5) is 0 Å². The van der Waals surface area contributed by atoms with Crippen LogP contribution in [0.2, 0.25) is 5.02 Å². The number of benzene rings is 3. The lowest BCUT2D eigenvalue weighted by atomic mass is 9.99. The maximum Gasteiger partial charge on any atom is 0.328 e. The van der Waals surface area contributed by atoms with E-state index < -0.39 is 12.0 Å². The summed E-state index contributed by atoms with van der Waals surface area (Å²) in [4.78, 5) is 16.6. The molecule has 29 heavy (non-hydrogen) atoms. The molecule has 3 aromatic rings. The molecule has 1 atom stereocenters. The van der Waals surface area contributed by atoms with Crippen LogP contribution >= 0.6 is 11.6 Å². The van der Waals surface area contributed by atoms with E-state index in [0.29, 0.717) is 12.1 Å². The van der Waals surface area contributed by atoms with E-state index >= 15 is 0 Å². The number of carbonyl (C=O) groups is 1. The first-order valence-corrected chi connectivity index (χ1v) is 10.1. The highest BCUT2D eigenvalue weighted by Crippen LogP contribution is 2.19. The summed E-state index contributed by atoms with van der Waals surface area (Å²) in [5.41, 5.74) is 4.86. The molecule has 0 amide bonds. The molecule has 0 bridgehead atoms. The second-order valence-electron chi connectivity index (χ2n) is 7.03. The Morgan fingerprint density at radius 2 is 1.55 bits per heavy atom. The fourth-order valence-electron chi connectivity index (χ4n) is 3.33. The lowest BCUT2D eigenvalue weighted by Gasteiger charge is -2.13. The van der Waals surface area contributed by atoms with Gasteiger partial charge in [0.25, 0.3) is 0 Å². The average molecular weight is 406 g/mol. The smallest absolute Gasteiger partial charge is 0.328 e. The van der Waals surface area contributed by atoms with Gasteiger partial charge in [0.2, 0.25) is 0 Å². The predicted molar refractivity (Wildman–Crippen MR) is 119 cm³/mol. The Balaban J connectivity index is 1.82. The van der Waals surface area contributed by atoms with Crippen molar-refractivity contribution < 1.29 is 9.90 Å². The van der Waals surface area contributed by atoms with E-state index in [1.165, 1.54) is 5.56 Å². The summed E-state index contributed by atoms with van der Waals surface area (Å²) >= 11 is 6.02. The molecule has 0 fully saturated rings. The Morgan fingerprint density at radius 1 is 0.966 bits per heavy atom. The average Bonchev–Trinajstić information content (AvgIpc) is 2.73. The molecule has 0 spiro atoms. The van der Waals surface area contributed by atoms with E-state index in [2.05, 4.69) is 4.99 Å². The number of carboxylic acids is 1. The Bertz CT molecular complexity index is 943. The molecule has 4 heteroatoms. The fraction of sp³-hybridized carbons (Fsp3) is 0.200. The van der Waals surface area contributed by atoms with Gasteiger partial charge in [-0.3, -0.25) is 4.99 Å². The molecular weight excluding hydrogens is 382 g/mol. The number of aryl methyl sites for hydroxylation is 2. The predicted octanol–water partition coefficient (Wildman–Crippen LogP) is 5.96. The van der Waals surface area contributed by atoms with Crippen molar-refractivity contribution in [2.75, 3.05) is 0 Å². The van der Waals surface area contributed by atoms with Gasteiger partial charge in [-0.15, -0.1) is 0 Å².